The first-order valence-electron chi connectivity index (χ1n) is 5.78. The van der Waals surface area contributed by atoms with Gasteiger partial charge in [0.15, 0.2) is 5.78 Å². The summed E-state index contributed by atoms with van der Waals surface area (Å²) in [6.45, 7) is 3.91. The Kier molecular flexibility index (Phi) is 3.46. The first-order valence-corrected chi connectivity index (χ1v) is 5.78. The van der Waals surface area contributed by atoms with Gasteiger partial charge in [-0.1, -0.05) is 0 Å². The maximum atomic E-state index is 11.2. The molecule has 0 radical (unpaired) electrons. The van der Waals surface area contributed by atoms with Crippen molar-refractivity contribution in [2.24, 2.45) is 7.05 Å². The minimum atomic E-state index is 0.0637. The largest absolute Gasteiger partial charge is 0.485 e. The van der Waals surface area contributed by atoms with Crippen molar-refractivity contribution in [1.29, 1.82) is 0 Å². The molecule has 0 aliphatic carbocycles. The lowest BCUT2D eigenvalue weighted by atomic mass is 10.1. The van der Waals surface area contributed by atoms with Gasteiger partial charge in [0.1, 0.15) is 18.2 Å². The van der Waals surface area contributed by atoms with Crippen molar-refractivity contribution in [3.63, 3.8) is 0 Å². The number of hydrogen-bond acceptors (Lipinski definition) is 3. The maximum Gasteiger partial charge on any atom is 0.159 e. The van der Waals surface area contributed by atoms with Gasteiger partial charge in [0.25, 0.3) is 0 Å². The summed E-state index contributed by atoms with van der Waals surface area (Å²) < 4.78 is 7.62. The highest BCUT2D eigenvalue weighted by Crippen LogP contribution is 2.20. The van der Waals surface area contributed by atoms with Crippen molar-refractivity contribution in [3.8, 4) is 5.75 Å². The van der Waals surface area contributed by atoms with Crippen LogP contribution in [0.1, 0.15) is 28.7 Å². The van der Waals surface area contributed by atoms with Crippen LogP contribution < -0.4 is 4.74 Å². The average molecular weight is 244 g/mol. The topological polar surface area (TPSA) is 44.1 Å². The molecule has 0 atom stereocenters. The van der Waals surface area contributed by atoms with E-state index in [9.17, 15) is 4.79 Å². The Morgan fingerprint density at radius 3 is 2.78 bits per heavy atom. The van der Waals surface area contributed by atoms with Crippen LogP contribution in [0.5, 0.6) is 5.75 Å². The Labute approximate surface area is 106 Å². The zero-order valence-electron chi connectivity index (χ0n) is 10.8. The van der Waals surface area contributed by atoms with E-state index in [-0.39, 0.29) is 5.78 Å². The number of imidazole rings is 1. The van der Waals surface area contributed by atoms with Crippen LogP contribution in [0.3, 0.4) is 0 Å². The number of rotatable bonds is 4. The van der Waals surface area contributed by atoms with Gasteiger partial charge in [0, 0.05) is 25.0 Å². The number of Topliss-reactive ketones (excluding diaryl/α,β-unsaturated/α-hetero) is 1. The molecule has 94 valence electrons. The van der Waals surface area contributed by atoms with Gasteiger partial charge in [-0.3, -0.25) is 4.79 Å². The van der Waals surface area contributed by atoms with Crippen LogP contribution in [0.25, 0.3) is 0 Å². The normalized spacial score (nSPS) is 10.4. The van der Waals surface area contributed by atoms with Gasteiger partial charge >= 0.3 is 0 Å². The minimum absolute atomic E-state index is 0.0637. The number of ether oxygens (including phenoxy) is 1. The van der Waals surface area contributed by atoms with Crippen LogP contribution in [0.4, 0.5) is 0 Å². The Bertz CT molecular complexity index is 573. The van der Waals surface area contributed by atoms with Crippen molar-refractivity contribution in [1.82, 2.24) is 9.55 Å². The molecule has 2 aromatic rings. The second kappa shape index (κ2) is 5.04. The van der Waals surface area contributed by atoms with Crippen molar-refractivity contribution in [2.45, 2.75) is 20.5 Å². The van der Waals surface area contributed by atoms with Crippen LogP contribution >= 0.6 is 0 Å². The summed E-state index contributed by atoms with van der Waals surface area (Å²) in [4.78, 5) is 15.4. The lowest BCUT2D eigenvalue weighted by Crippen LogP contribution is -2.04. The number of benzene rings is 1. The molecule has 1 heterocycles. The molecule has 0 aliphatic rings. The van der Waals surface area contributed by atoms with Gasteiger partial charge in [-0.15, -0.1) is 0 Å². The van der Waals surface area contributed by atoms with Crippen molar-refractivity contribution in [2.75, 3.05) is 0 Å². The summed E-state index contributed by atoms with van der Waals surface area (Å²) in [7, 11) is 1.93. The second-order valence-corrected chi connectivity index (χ2v) is 4.28. The quantitative estimate of drug-likeness (QED) is 0.776. The van der Waals surface area contributed by atoms with Crippen molar-refractivity contribution < 1.29 is 9.53 Å². The van der Waals surface area contributed by atoms with E-state index in [1.54, 1.807) is 19.2 Å². The van der Waals surface area contributed by atoms with E-state index < -0.39 is 0 Å². The first-order chi connectivity index (χ1) is 8.58. The summed E-state index contributed by atoms with van der Waals surface area (Å²) >= 11 is 0. The summed E-state index contributed by atoms with van der Waals surface area (Å²) in [6, 6.07) is 5.45. The highest BCUT2D eigenvalue weighted by Gasteiger charge is 2.06. The van der Waals surface area contributed by atoms with E-state index in [4.69, 9.17) is 4.74 Å². The monoisotopic (exact) mass is 244 g/mol. The second-order valence-electron chi connectivity index (χ2n) is 4.28. The average Bonchev–Trinajstić information content (AvgIpc) is 2.73. The Hall–Kier alpha value is -2.10. The van der Waals surface area contributed by atoms with Gasteiger partial charge in [-0.05, 0) is 37.6 Å². The highest BCUT2D eigenvalue weighted by atomic mass is 16.5. The van der Waals surface area contributed by atoms with E-state index in [0.717, 1.165) is 17.1 Å². The molecular weight excluding hydrogens is 228 g/mol. The van der Waals surface area contributed by atoms with Crippen LogP contribution in [-0.2, 0) is 13.7 Å². The van der Waals surface area contributed by atoms with Gasteiger partial charge in [-0.2, -0.15) is 0 Å². The Morgan fingerprint density at radius 1 is 1.44 bits per heavy atom. The van der Waals surface area contributed by atoms with E-state index in [0.29, 0.717) is 12.2 Å². The van der Waals surface area contributed by atoms with Crippen LogP contribution in [-0.4, -0.2) is 15.3 Å². The smallest absolute Gasteiger partial charge is 0.159 e. The fourth-order valence-electron chi connectivity index (χ4n) is 1.71. The molecule has 2 rings (SSSR count). The van der Waals surface area contributed by atoms with E-state index >= 15 is 0 Å². The molecule has 0 saturated heterocycles. The van der Waals surface area contributed by atoms with E-state index in [1.165, 1.54) is 0 Å². The Morgan fingerprint density at radius 2 is 2.22 bits per heavy atom. The number of carbonyl (C=O) groups excluding carboxylic acids is 1. The molecule has 4 nitrogen and oxygen atoms in total. The summed E-state index contributed by atoms with van der Waals surface area (Å²) in [6.07, 6.45) is 3.62. The standard InChI is InChI=1S/C14H16N2O2/c1-10-8-12(11(2)17)4-5-13(10)18-9-14-15-6-7-16(14)3/h4-8H,9H2,1-3H3. The van der Waals surface area contributed by atoms with E-state index in [1.807, 2.05) is 36.9 Å². The molecule has 1 aromatic carbocycles. The predicted molar refractivity (Wildman–Crippen MR) is 68.7 cm³/mol. The first kappa shape index (κ1) is 12.4. The molecule has 4 heteroatoms. The van der Waals surface area contributed by atoms with Crippen molar-refractivity contribution >= 4 is 5.78 Å². The molecule has 0 N–H and O–H groups in total. The van der Waals surface area contributed by atoms with Gasteiger partial charge in [0.05, 0.1) is 0 Å². The maximum absolute atomic E-state index is 11.2. The third-order valence-electron chi connectivity index (χ3n) is 2.86. The molecule has 0 saturated carbocycles. The SMILES string of the molecule is CC(=O)c1ccc(OCc2nccn2C)c(C)c1. The number of aromatic nitrogens is 2. The summed E-state index contributed by atoms with van der Waals surface area (Å²) in [5.41, 5.74) is 1.66. The summed E-state index contributed by atoms with van der Waals surface area (Å²) in [5, 5.41) is 0. The van der Waals surface area contributed by atoms with Gasteiger partial charge in [0.2, 0.25) is 0 Å². The van der Waals surface area contributed by atoms with Gasteiger partial charge in [-0.25, -0.2) is 4.98 Å². The third kappa shape index (κ3) is 2.59. The fourth-order valence-corrected chi connectivity index (χ4v) is 1.71. The Balaban J connectivity index is 2.11. The number of hydrogen-bond donors (Lipinski definition) is 0. The zero-order chi connectivity index (χ0) is 13.1. The number of nitrogens with zero attached hydrogens (tertiary/aromatic N) is 2. The molecule has 18 heavy (non-hydrogen) atoms. The molecule has 0 aliphatic heterocycles. The highest BCUT2D eigenvalue weighted by molar-refractivity contribution is 5.94. The number of aryl methyl sites for hydroxylation is 2. The van der Waals surface area contributed by atoms with E-state index in [2.05, 4.69) is 4.98 Å². The van der Waals surface area contributed by atoms with Crippen LogP contribution in [0.15, 0.2) is 30.6 Å². The third-order valence-corrected chi connectivity index (χ3v) is 2.86. The molecular formula is C14H16N2O2. The van der Waals surface area contributed by atoms with Crippen LogP contribution in [0.2, 0.25) is 0 Å². The lowest BCUT2D eigenvalue weighted by molar-refractivity contribution is 0.101. The number of ketones is 1. The fraction of sp³-hybridized carbons (Fsp3) is 0.286. The number of carbonyl (C=O) groups is 1. The minimum Gasteiger partial charge on any atom is -0.485 e. The molecule has 0 fully saturated rings. The zero-order valence-corrected chi connectivity index (χ0v) is 10.8. The van der Waals surface area contributed by atoms with Gasteiger partial charge < -0.3 is 9.30 Å². The molecule has 0 bridgehead atoms. The summed E-state index contributed by atoms with van der Waals surface area (Å²) in [5.74, 6) is 1.71. The molecule has 0 spiro atoms. The molecule has 0 amide bonds. The van der Waals surface area contributed by atoms with Crippen molar-refractivity contribution in [3.05, 3.63) is 47.5 Å². The lowest BCUT2D eigenvalue weighted by Gasteiger charge is -2.09. The molecule has 1 aromatic heterocycles. The van der Waals surface area contributed by atoms with Crippen LogP contribution in [0, 0.1) is 6.92 Å². The predicted octanol–water partition coefficient (Wildman–Crippen LogP) is 2.51. The molecule has 0 unspecified atom stereocenters.